The molecular weight excluding hydrogens is 206 g/mol. The molecule has 1 aliphatic rings. The van der Waals surface area contributed by atoms with Crippen LogP contribution in [0.5, 0.6) is 0 Å². The van der Waals surface area contributed by atoms with Crippen molar-refractivity contribution in [2.45, 2.75) is 32.1 Å². The Balaban J connectivity index is 2.36. The van der Waals surface area contributed by atoms with Crippen molar-refractivity contribution in [1.29, 1.82) is 0 Å². The monoisotopic (exact) mass is 219 g/mol. The highest BCUT2D eigenvalue weighted by Crippen LogP contribution is 2.41. The lowest BCUT2D eigenvalue weighted by Gasteiger charge is -2.16. The lowest BCUT2D eigenvalue weighted by atomic mass is 9.91. The van der Waals surface area contributed by atoms with Crippen LogP contribution in [0.15, 0.2) is 18.2 Å². The van der Waals surface area contributed by atoms with E-state index in [9.17, 15) is 0 Å². The number of aromatic amines is 1. The van der Waals surface area contributed by atoms with Crippen LogP contribution in [0.25, 0.3) is 10.9 Å². The average molecular weight is 220 g/mol. The zero-order chi connectivity index (χ0) is 10.6. The minimum atomic E-state index is 0.292. The second-order valence-electron chi connectivity index (χ2n) is 5.05. The Hall–Kier alpha value is -0.950. The summed E-state index contributed by atoms with van der Waals surface area (Å²) in [6.07, 6.45) is 2.40. The maximum atomic E-state index is 6.03. The summed E-state index contributed by atoms with van der Waals surface area (Å²) in [5.41, 5.74) is 4.38. The van der Waals surface area contributed by atoms with Crippen molar-refractivity contribution in [2.24, 2.45) is 0 Å². The van der Waals surface area contributed by atoms with E-state index in [1.807, 2.05) is 6.07 Å². The van der Waals surface area contributed by atoms with Crippen LogP contribution in [0.1, 0.15) is 31.5 Å². The number of fused-ring (bicyclic) bond motifs is 3. The first-order valence-electron chi connectivity index (χ1n) is 5.38. The molecule has 0 saturated heterocycles. The van der Waals surface area contributed by atoms with Crippen LogP contribution >= 0.6 is 11.6 Å². The first kappa shape index (κ1) is 9.29. The molecule has 0 bridgehead atoms. The molecule has 0 spiro atoms. The predicted molar refractivity (Wildman–Crippen MR) is 64.7 cm³/mol. The Kier molecular flexibility index (Phi) is 1.73. The van der Waals surface area contributed by atoms with E-state index in [1.54, 1.807) is 0 Å². The Morgan fingerprint density at radius 3 is 2.93 bits per heavy atom. The van der Waals surface area contributed by atoms with Gasteiger partial charge in [-0.15, -0.1) is 0 Å². The molecule has 0 radical (unpaired) electrons. The van der Waals surface area contributed by atoms with Crippen LogP contribution in [0.3, 0.4) is 0 Å². The molecule has 3 rings (SSSR count). The highest BCUT2D eigenvalue weighted by atomic mass is 35.5. The average Bonchev–Trinajstić information content (AvgIpc) is 2.66. The normalized spacial score (nSPS) is 18.3. The fraction of sp³-hybridized carbons (Fsp3) is 0.385. The van der Waals surface area contributed by atoms with E-state index in [0.29, 0.717) is 5.41 Å². The number of benzene rings is 1. The maximum absolute atomic E-state index is 6.03. The van der Waals surface area contributed by atoms with Crippen LogP contribution in [0.4, 0.5) is 0 Å². The van der Waals surface area contributed by atoms with Gasteiger partial charge in [-0.3, -0.25) is 0 Å². The third-order valence-electron chi connectivity index (χ3n) is 3.54. The number of halogens is 1. The Labute approximate surface area is 94.4 Å². The zero-order valence-electron chi connectivity index (χ0n) is 9.02. The molecule has 2 heteroatoms. The maximum Gasteiger partial charge on any atom is 0.0460 e. The standard InChI is InChI=1S/C13H14ClN/c1-13(2)6-5-9-10-7-8(14)3-4-11(10)15-12(9)13/h3-4,7,15H,5-6H2,1-2H3. The van der Waals surface area contributed by atoms with E-state index in [1.165, 1.54) is 35.0 Å². The number of hydrogen-bond donors (Lipinski definition) is 1. The Morgan fingerprint density at radius 2 is 2.13 bits per heavy atom. The first-order chi connectivity index (χ1) is 7.08. The molecule has 0 aliphatic heterocycles. The van der Waals surface area contributed by atoms with Crippen molar-refractivity contribution in [2.75, 3.05) is 0 Å². The SMILES string of the molecule is CC1(C)CCc2c1[nH]c1ccc(Cl)cc21. The van der Waals surface area contributed by atoms with Gasteiger partial charge in [-0.2, -0.15) is 0 Å². The summed E-state index contributed by atoms with van der Waals surface area (Å²) in [6.45, 7) is 4.60. The van der Waals surface area contributed by atoms with E-state index in [2.05, 4.69) is 31.0 Å². The second kappa shape index (κ2) is 2.79. The van der Waals surface area contributed by atoms with E-state index in [0.717, 1.165) is 5.02 Å². The summed E-state index contributed by atoms with van der Waals surface area (Å²) in [7, 11) is 0. The molecule has 0 unspecified atom stereocenters. The molecule has 1 aromatic carbocycles. The summed E-state index contributed by atoms with van der Waals surface area (Å²) in [6, 6.07) is 6.10. The van der Waals surface area contributed by atoms with Gasteiger partial charge in [-0.25, -0.2) is 0 Å². The lowest BCUT2D eigenvalue weighted by Crippen LogP contribution is -2.12. The molecule has 1 N–H and O–H groups in total. The molecule has 0 saturated carbocycles. The van der Waals surface area contributed by atoms with Gasteiger partial charge in [0.1, 0.15) is 0 Å². The van der Waals surface area contributed by atoms with Crippen molar-refractivity contribution in [1.82, 2.24) is 4.98 Å². The summed E-state index contributed by atoms with van der Waals surface area (Å²) in [5, 5.41) is 2.14. The number of rotatable bonds is 0. The number of aryl methyl sites for hydroxylation is 1. The lowest BCUT2D eigenvalue weighted by molar-refractivity contribution is 0.510. The molecule has 0 atom stereocenters. The van der Waals surface area contributed by atoms with Gasteiger partial charge >= 0.3 is 0 Å². The van der Waals surface area contributed by atoms with Gasteiger partial charge in [-0.1, -0.05) is 25.4 Å². The van der Waals surface area contributed by atoms with Crippen molar-refractivity contribution in [3.8, 4) is 0 Å². The molecule has 78 valence electrons. The van der Waals surface area contributed by atoms with Crippen LogP contribution < -0.4 is 0 Å². The molecular formula is C13H14ClN. The molecule has 1 heterocycles. The number of H-pyrrole nitrogens is 1. The van der Waals surface area contributed by atoms with E-state index in [-0.39, 0.29) is 0 Å². The van der Waals surface area contributed by atoms with Gasteiger partial charge in [0.25, 0.3) is 0 Å². The third-order valence-corrected chi connectivity index (χ3v) is 3.78. The van der Waals surface area contributed by atoms with Crippen molar-refractivity contribution in [3.05, 3.63) is 34.5 Å². The second-order valence-corrected chi connectivity index (χ2v) is 5.49. The minimum Gasteiger partial charge on any atom is -0.358 e. The fourth-order valence-corrected chi connectivity index (χ4v) is 2.79. The molecule has 0 fully saturated rings. The van der Waals surface area contributed by atoms with Crippen molar-refractivity contribution < 1.29 is 0 Å². The van der Waals surface area contributed by atoms with E-state index < -0.39 is 0 Å². The molecule has 1 aromatic heterocycles. The van der Waals surface area contributed by atoms with Crippen LogP contribution in [0, 0.1) is 0 Å². The summed E-state index contributed by atoms with van der Waals surface area (Å²) in [4.78, 5) is 3.53. The Bertz CT molecular complexity index is 537. The van der Waals surface area contributed by atoms with Gasteiger partial charge in [0.2, 0.25) is 0 Å². The van der Waals surface area contributed by atoms with Crippen molar-refractivity contribution in [3.63, 3.8) is 0 Å². The fourth-order valence-electron chi connectivity index (χ4n) is 2.62. The number of aromatic nitrogens is 1. The highest BCUT2D eigenvalue weighted by molar-refractivity contribution is 6.31. The number of nitrogens with one attached hydrogen (secondary N) is 1. The van der Waals surface area contributed by atoms with E-state index in [4.69, 9.17) is 11.6 Å². The van der Waals surface area contributed by atoms with Gasteiger partial charge in [0.05, 0.1) is 0 Å². The topological polar surface area (TPSA) is 15.8 Å². The molecule has 1 aliphatic carbocycles. The van der Waals surface area contributed by atoms with Gasteiger partial charge in [0.15, 0.2) is 0 Å². The summed E-state index contributed by atoms with van der Waals surface area (Å²) >= 11 is 6.03. The zero-order valence-corrected chi connectivity index (χ0v) is 9.78. The quantitative estimate of drug-likeness (QED) is 0.688. The summed E-state index contributed by atoms with van der Waals surface area (Å²) in [5.74, 6) is 0. The smallest absolute Gasteiger partial charge is 0.0460 e. The van der Waals surface area contributed by atoms with E-state index >= 15 is 0 Å². The van der Waals surface area contributed by atoms with Gasteiger partial charge < -0.3 is 4.98 Å². The summed E-state index contributed by atoms with van der Waals surface area (Å²) < 4.78 is 0. The first-order valence-corrected chi connectivity index (χ1v) is 5.76. The molecule has 1 nitrogen and oxygen atoms in total. The largest absolute Gasteiger partial charge is 0.358 e. The Morgan fingerprint density at radius 1 is 1.33 bits per heavy atom. The third kappa shape index (κ3) is 1.23. The highest BCUT2D eigenvalue weighted by Gasteiger charge is 2.32. The van der Waals surface area contributed by atoms with Crippen LogP contribution in [-0.2, 0) is 11.8 Å². The number of hydrogen-bond acceptors (Lipinski definition) is 0. The van der Waals surface area contributed by atoms with Crippen LogP contribution in [0.2, 0.25) is 5.02 Å². The van der Waals surface area contributed by atoms with Gasteiger partial charge in [-0.05, 0) is 36.6 Å². The minimum absolute atomic E-state index is 0.292. The predicted octanol–water partition coefficient (Wildman–Crippen LogP) is 4.05. The van der Waals surface area contributed by atoms with Gasteiger partial charge in [0, 0.05) is 27.0 Å². The molecule has 15 heavy (non-hydrogen) atoms. The molecule has 0 amide bonds. The molecule has 2 aromatic rings. The van der Waals surface area contributed by atoms with Crippen molar-refractivity contribution >= 4 is 22.5 Å². The van der Waals surface area contributed by atoms with Crippen LogP contribution in [-0.4, -0.2) is 4.98 Å².